The summed E-state index contributed by atoms with van der Waals surface area (Å²) in [5.74, 6) is 1.63. The Balaban J connectivity index is -0.000000960. The second kappa shape index (κ2) is 31.0. The first-order valence-electron chi connectivity index (χ1n) is 10.7. The molecule has 0 radical (unpaired) electrons. The van der Waals surface area contributed by atoms with E-state index in [9.17, 15) is 9.79 Å². The quantitative estimate of drug-likeness (QED) is 0.0820. The van der Waals surface area contributed by atoms with E-state index in [1.54, 1.807) is 0 Å². The fourth-order valence-corrected chi connectivity index (χ4v) is 8.31. The third kappa shape index (κ3) is 30.0. The van der Waals surface area contributed by atoms with Gasteiger partial charge in [0.25, 0.3) is 0 Å². The van der Waals surface area contributed by atoms with Gasteiger partial charge in [-0.25, -0.2) is 10.1 Å². The molecule has 0 spiro atoms. The molecule has 0 bridgehead atoms. The van der Waals surface area contributed by atoms with Gasteiger partial charge in [-0.05, 0) is 24.3 Å². The Morgan fingerprint density at radius 2 is 0.786 bits per heavy atom. The summed E-state index contributed by atoms with van der Waals surface area (Å²) in [7, 11) is -0.547. The average molecular weight is 527 g/mol. The van der Waals surface area contributed by atoms with Crippen molar-refractivity contribution in [2.45, 2.75) is 117 Å². The molecule has 0 heterocycles. The fraction of sp³-hybridized carbons (Fsp3) is 1.00. The molecular formula is C20H42K3O2PS2. The van der Waals surface area contributed by atoms with Crippen molar-refractivity contribution in [3.8, 4) is 0 Å². The minimum atomic E-state index is -3.56. The Morgan fingerprint density at radius 1 is 0.536 bits per heavy atom. The van der Waals surface area contributed by atoms with Crippen LogP contribution in [0.1, 0.15) is 117 Å². The van der Waals surface area contributed by atoms with Crippen molar-refractivity contribution in [1.29, 1.82) is 0 Å². The van der Waals surface area contributed by atoms with Crippen LogP contribution in [-0.4, -0.2) is 11.5 Å². The Hall–Kier alpha value is 5.96. The second-order valence-electron chi connectivity index (χ2n) is 7.27. The van der Waals surface area contributed by atoms with Crippen molar-refractivity contribution >= 4 is 28.0 Å². The van der Waals surface area contributed by atoms with Gasteiger partial charge in [-0.2, -0.15) is 0 Å². The van der Waals surface area contributed by atoms with E-state index in [4.69, 9.17) is 12.2 Å². The molecule has 8 heteroatoms. The molecule has 0 N–H and O–H groups in total. The topological polar surface area (TPSA) is 46.1 Å². The molecule has 0 saturated carbocycles. The zero-order chi connectivity index (χ0) is 18.8. The van der Waals surface area contributed by atoms with E-state index in [1.807, 2.05) is 0 Å². The van der Waals surface area contributed by atoms with Crippen LogP contribution in [0.3, 0.4) is 0 Å². The van der Waals surface area contributed by atoms with Gasteiger partial charge in [0.2, 0.25) is 0 Å². The molecule has 154 valence electrons. The maximum Gasteiger partial charge on any atom is 1.00 e. The SMILES string of the molecule is CCCCCCCCCCS(CCCCCCCCCC)=P([O-])([O-])[S-].[K+].[K+].[K+]. The Morgan fingerprint density at radius 3 is 1.04 bits per heavy atom. The monoisotopic (exact) mass is 526 g/mol. The standard InChI is InChI=1S/C20H42O2PS2.3K/c1-3-5-7-9-11-13-15-17-19-25(23(21,22)24)20-18-16-14-12-10-8-6-4-2;;;/h3-20H2,1-2H3;;;/q-3;3*+1. The van der Waals surface area contributed by atoms with E-state index in [-0.39, 0.29) is 154 Å². The van der Waals surface area contributed by atoms with E-state index < -0.39 is 15.8 Å². The van der Waals surface area contributed by atoms with Gasteiger partial charge in [-0.15, -0.1) is 0 Å². The summed E-state index contributed by atoms with van der Waals surface area (Å²) in [4.78, 5) is 23.7. The summed E-state index contributed by atoms with van der Waals surface area (Å²) >= 11 is 4.82. The van der Waals surface area contributed by atoms with Crippen molar-refractivity contribution in [3.63, 3.8) is 0 Å². The number of hydrogen-bond acceptors (Lipinski definition) is 3. The van der Waals surface area contributed by atoms with Gasteiger partial charge >= 0.3 is 154 Å². The van der Waals surface area contributed by atoms with Crippen LogP contribution >= 0.6 is 5.69 Å². The molecule has 0 amide bonds. The molecule has 0 aliphatic carbocycles. The molecule has 0 rings (SSSR count). The molecule has 0 atom stereocenters. The zero-order valence-electron chi connectivity index (χ0n) is 19.8. The first-order valence-corrected chi connectivity index (χ1v) is 15.5. The van der Waals surface area contributed by atoms with Gasteiger partial charge in [0, 0.05) is 0 Å². The minimum Gasteiger partial charge on any atom is -0.854 e. The molecule has 28 heavy (non-hydrogen) atoms. The van der Waals surface area contributed by atoms with E-state index in [2.05, 4.69) is 13.8 Å². The number of unbranched alkanes of at least 4 members (excludes halogenated alkanes) is 14. The van der Waals surface area contributed by atoms with Crippen LogP contribution in [0, 0.1) is 0 Å². The van der Waals surface area contributed by atoms with Crippen LogP contribution < -0.4 is 164 Å². The van der Waals surface area contributed by atoms with Crippen molar-refractivity contribution in [2.75, 3.05) is 11.5 Å². The predicted molar refractivity (Wildman–Crippen MR) is 117 cm³/mol. The Bertz CT molecular complexity index is 326. The average Bonchev–Trinajstić information content (AvgIpc) is 2.56. The van der Waals surface area contributed by atoms with Gasteiger partial charge in [0.05, 0.1) is 0 Å². The first-order chi connectivity index (χ1) is 12.0. The van der Waals surface area contributed by atoms with Gasteiger partial charge in [0.1, 0.15) is 0 Å². The Kier molecular flexibility index (Phi) is 45.5. The molecule has 0 unspecified atom stereocenters. The van der Waals surface area contributed by atoms with Crippen molar-refractivity contribution in [2.24, 2.45) is 0 Å². The predicted octanol–water partition coefficient (Wildman–Crippen LogP) is -3.16. The molecular weight excluding hydrogens is 485 g/mol. The minimum absolute atomic E-state index is 0. The van der Waals surface area contributed by atoms with Gasteiger partial charge < -0.3 is 27.7 Å². The van der Waals surface area contributed by atoms with Gasteiger partial charge in [-0.1, -0.05) is 104 Å². The first kappa shape index (κ1) is 41.1. The maximum atomic E-state index is 11.9. The molecule has 0 aromatic rings. The molecule has 0 aromatic carbocycles. The normalized spacial score (nSPS) is 10.9. The second-order valence-corrected chi connectivity index (χ2v) is 15.0. The molecule has 0 aliphatic heterocycles. The molecule has 0 saturated heterocycles. The smallest absolute Gasteiger partial charge is 0.854 e. The number of hydrogen-bond donors (Lipinski definition) is 0. The summed E-state index contributed by atoms with van der Waals surface area (Å²) in [6.07, 6.45) is 20.1. The maximum absolute atomic E-state index is 11.9. The largest absolute Gasteiger partial charge is 1.00 e. The van der Waals surface area contributed by atoms with Crippen LogP contribution in [0.15, 0.2) is 0 Å². The summed E-state index contributed by atoms with van der Waals surface area (Å²) in [6.45, 7) is 4.48. The van der Waals surface area contributed by atoms with Crippen LogP contribution in [0.4, 0.5) is 0 Å². The van der Waals surface area contributed by atoms with E-state index in [1.165, 1.54) is 89.9 Å². The van der Waals surface area contributed by atoms with Crippen molar-refractivity contribution in [1.82, 2.24) is 0 Å². The molecule has 2 nitrogen and oxygen atoms in total. The van der Waals surface area contributed by atoms with Crippen molar-refractivity contribution < 1.29 is 164 Å². The summed E-state index contributed by atoms with van der Waals surface area (Å²) < 4.78 is 0. The molecule has 0 fully saturated rings. The van der Waals surface area contributed by atoms with Crippen LogP contribution in [0.2, 0.25) is 0 Å². The fourth-order valence-electron chi connectivity index (χ4n) is 3.13. The summed E-state index contributed by atoms with van der Waals surface area (Å²) in [5, 5.41) is 0. The number of rotatable bonds is 18. The third-order valence-corrected chi connectivity index (χ3v) is 11.8. The Labute approximate surface area is 312 Å². The van der Waals surface area contributed by atoms with Gasteiger partial charge in [0.15, 0.2) is 0 Å². The van der Waals surface area contributed by atoms with Crippen molar-refractivity contribution in [3.05, 3.63) is 0 Å². The summed E-state index contributed by atoms with van der Waals surface area (Å²) in [6, 6.07) is 0. The zero-order valence-corrected chi connectivity index (χ0v) is 31.7. The van der Waals surface area contributed by atoms with E-state index in [0.717, 1.165) is 24.3 Å². The van der Waals surface area contributed by atoms with Crippen LogP contribution in [0.25, 0.3) is 0 Å². The van der Waals surface area contributed by atoms with Crippen LogP contribution in [0.5, 0.6) is 0 Å². The summed E-state index contributed by atoms with van der Waals surface area (Å²) in [5.41, 5.74) is -3.56. The van der Waals surface area contributed by atoms with Gasteiger partial charge in [-0.3, -0.25) is 0 Å². The van der Waals surface area contributed by atoms with E-state index in [0.29, 0.717) is 0 Å². The third-order valence-electron chi connectivity index (χ3n) is 4.78. The molecule has 0 aromatic heterocycles. The molecule has 0 aliphatic rings. The van der Waals surface area contributed by atoms with Crippen LogP contribution in [-0.2, 0) is 22.3 Å². The van der Waals surface area contributed by atoms with E-state index >= 15 is 0 Å².